The number of ether oxygens (including phenoxy) is 1. The van der Waals surface area contributed by atoms with Crippen LogP contribution < -0.4 is 10.1 Å². The second-order valence-electron chi connectivity index (χ2n) is 5.25. The minimum atomic E-state index is 0.109. The highest BCUT2D eigenvalue weighted by Crippen LogP contribution is 2.35. The average Bonchev–Trinajstić information content (AvgIpc) is 3.08. The molecule has 5 heteroatoms. The molecule has 106 valence electrons. The van der Waals surface area contributed by atoms with E-state index in [9.17, 15) is 4.79 Å². The largest absolute Gasteiger partial charge is 0.494 e. The van der Waals surface area contributed by atoms with E-state index < -0.39 is 0 Å². The summed E-state index contributed by atoms with van der Waals surface area (Å²) in [7, 11) is 1.64. The molecule has 1 N–H and O–H groups in total. The fraction of sp³-hybridized carbons (Fsp3) is 0.467. The fourth-order valence-electron chi connectivity index (χ4n) is 2.72. The SMILES string of the molecule is COc1ccc(C)c2sc(NC(=O)C3CCCC3)nc12. The first-order valence-corrected chi connectivity index (χ1v) is 7.75. The van der Waals surface area contributed by atoms with Gasteiger partial charge >= 0.3 is 0 Å². The van der Waals surface area contributed by atoms with Gasteiger partial charge in [-0.25, -0.2) is 4.98 Å². The van der Waals surface area contributed by atoms with Crippen LogP contribution in [0.15, 0.2) is 12.1 Å². The van der Waals surface area contributed by atoms with Crippen LogP contribution in [-0.2, 0) is 4.79 Å². The van der Waals surface area contributed by atoms with Crippen molar-refractivity contribution in [2.24, 2.45) is 5.92 Å². The van der Waals surface area contributed by atoms with Gasteiger partial charge in [0.1, 0.15) is 11.3 Å². The molecule has 0 atom stereocenters. The van der Waals surface area contributed by atoms with Crippen LogP contribution in [0.2, 0.25) is 0 Å². The summed E-state index contributed by atoms with van der Waals surface area (Å²) < 4.78 is 6.41. The van der Waals surface area contributed by atoms with E-state index in [0.29, 0.717) is 5.13 Å². The van der Waals surface area contributed by atoms with E-state index in [4.69, 9.17) is 4.74 Å². The van der Waals surface area contributed by atoms with E-state index in [1.165, 1.54) is 11.3 Å². The number of hydrogen-bond acceptors (Lipinski definition) is 4. The van der Waals surface area contributed by atoms with Crippen molar-refractivity contribution in [2.45, 2.75) is 32.6 Å². The molecule has 1 aromatic heterocycles. The van der Waals surface area contributed by atoms with Gasteiger partial charge in [0.05, 0.1) is 11.8 Å². The number of aryl methyl sites for hydroxylation is 1. The summed E-state index contributed by atoms with van der Waals surface area (Å²) in [6.45, 7) is 2.04. The minimum absolute atomic E-state index is 0.109. The van der Waals surface area contributed by atoms with Gasteiger partial charge < -0.3 is 10.1 Å². The summed E-state index contributed by atoms with van der Waals surface area (Å²) >= 11 is 1.52. The fourth-order valence-corrected chi connectivity index (χ4v) is 3.68. The van der Waals surface area contributed by atoms with Gasteiger partial charge in [0.15, 0.2) is 5.13 Å². The predicted molar refractivity (Wildman–Crippen MR) is 81.5 cm³/mol. The van der Waals surface area contributed by atoms with Crippen LogP contribution in [0.25, 0.3) is 10.2 Å². The highest BCUT2D eigenvalue weighted by atomic mass is 32.1. The van der Waals surface area contributed by atoms with Crippen molar-refractivity contribution in [3.8, 4) is 5.75 Å². The molecule has 1 saturated carbocycles. The molecule has 0 bridgehead atoms. The standard InChI is InChI=1S/C15H18N2O2S/c1-9-7-8-11(19-2)12-13(9)20-15(16-12)17-14(18)10-5-3-4-6-10/h7-8,10H,3-6H2,1-2H3,(H,16,17,18). The van der Waals surface area contributed by atoms with Gasteiger partial charge in [-0.3, -0.25) is 4.79 Å². The monoisotopic (exact) mass is 290 g/mol. The Balaban J connectivity index is 1.89. The average molecular weight is 290 g/mol. The number of amides is 1. The smallest absolute Gasteiger partial charge is 0.229 e. The number of aromatic nitrogens is 1. The summed E-state index contributed by atoms with van der Waals surface area (Å²) in [4.78, 5) is 16.7. The molecule has 1 amide bonds. The van der Waals surface area contributed by atoms with Gasteiger partial charge in [0.25, 0.3) is 0 Å². The summed E-state index contributed by atoms with van der Waals surface area (Å²) in [6.07, 6.45) is 4.31. The maximum atomic E-state index is 12.2. The third kappa shape index (κ3) is 2.38. The Morgan fingerprint density at radius 1 is 1.40 bits per heavy atom. The first-order chi connectivity index (χ1) is 9.69. The third-order valence-corrected chi connectivity index (χ3v) is 4.99. The van der Waals surface area contributed by atoms with Gasteiger partial charge in [0, 0.05) is 5.92 Å². The van der Waals surface area contributed by atoms with Crippen molar-refractivity contribution in [1.82, 2.24) is 4.98 Å². The molecule has 0 radical (unpaired) electrons. The van der Waals surface area contributed by atoms with Crippen molar-refractivity contribution in [2.75, 3.05) is 12.4 Å². The van der Waals surface area contributed by atoms with Gasteiger partial charge in [-0.2, -0.15) is 0 Å². The zero-order chi connectivity index (χ0) is 14.1. The Morgan fingerprint density at radius 3 is 2.85 bits per heavy atom. The second-order valence-corrected chi connectivity index (χ2v) is 6.25. The number of anilines is 1. The van der Waals surface area contributed by atoms with Crippen molar-refractivity contribution in [3.63, 3.8) is 0 Å². The first kappa shape index (κ1) is 13.4. The number of hydrogen-bond donors (Lipinski definition) is 1. The van der Waals surface area contributed by atoms with Crippen molar-refractivity contribution < 1.29 is 9.53 Å². The molecule has 1 aromatic carbocycles. The zero-order valence-electron chi connectivity index (χ0n) is 11.7. The Kier molecular flexibility index (Phi) is 3.61. The van der Waals surface area contributed by atoms with Crippen molar-refractivity contribution in [3.05, 3.63) is 17.7 Å². The van der Waals surface area contributed by atoms with Crippen LogP contribution in [0.5, 0.6) is 5.75 Å². The van der Waals surface area contributed by atoms with E-state index in [1.807, 2.05) is 19.1 Å². The predicted octanol–water partition coefficient (Wildman–Crippen LogP) is 3.74. The molecular weight excluding hydrogens is 272 g/mol. The van der Waals surface area contributed by atoms with Gasteiger partial charge in [-0.1, -0.05) is 30.2 Å². The maximum Gasteiger partial charge on any atom is 0.229 e. The number of fused-ring (bicyclic) bond motifs is 1. The lowest BCUT2D eigenvalue weighted by Crippen LogP contribution is -2.20. The number of benzene rings is 1. The summed E-state index contributed by atoms with van der Waals surface area (Å²) in [5.41, 5.74) is 1.99. The second kappa shape index (κ2) is 5.40. The quantitative estimate of drug-likeness (QED) is 0.936. The first-order valence-electron chi connectivity index (χ1n) is 6.94. The molecular formula is C15H18N2O2S. The summed E-state index contributed by atoms with van der Waals surface area (Å²) in [5, 5.41) is 3.64. The van der Waals surface area contributed by atoms with E-state index >= 15 is 0 Å². The summed E-state index contributed by atoms with van der Waals surface area (Å²) in [5.74, 6) is 1.02. The Morgan fingerprint density at radius 2 is 2.15 bits per heavy atom. The number of carbonyl (C=O) groups excluding carboxylic acids is 1. The van der Waals surface area contributed by atoms with Crippen LogP contribution in [0.3, 0.4) is 0 Å². The van der Waals surface area contributed by atoms with E-state index in [1.54, 1.807) is 7.11 Å². The Bertz CT molecular complexity index is 645. The lowest BCUT2D eigenvalue weighted by atomic mass is 10.1. The van der Waals surface area contributed by atoms with E-state index in [0.717, 1.165) is 47.2 Å². The lowest BCUT2D eigenvalue weighted by Gasteiger charge is -2.07. The molecule has 1 heterocycles. The molecule has 0 saturated heterocycles. The summed E-state index contributed by atoms with van der Waals surface area (Å²) in [6, 6.07) is 3.93. The van der Waals surface area contributed by atoms with Gasteiger partial charge in [0.2, 0.25) is 5.91 Å². The molecule has 3 rings (SSSR count). The highest BCUT2D eigenvalue weighted by molar-refractivity contribution is 7.22. The Labute approximate surface area is 122 Å². The molecule has 0 unspecified atom stereocenters. The van der Waals surface area contributed by atoms with Crippen LogP contribution in [-0.4, -0.2) is 18.0 Å². The maximum absolute atomic E-state index is 12.2. The van der Waals surface area contributed by atoms with E-state index in [-0.39, 0.29) is 11.8 Å². The van der Waals surface area contributed by atoms with Crippen molar-refractivity contribution in [1.29, 1.82) is 0 Å². The molecule has 0 aliphatic heterocycles. The lowest BCUT2D eigenvalue weighted by molar-refractivity contribution is -0.119. The molecule has 4 nitrogen and oxygen atoms in total. The number of nitrogens with zero attached hydrogens (tertiary/aromatic N) is 1. The third-order valence-electron chi connectivity index (χ3n) is 3.88. The normalized spacial score (nSPS) is 15.7. The van der Waals surface area contributed by atoms with Crippen LogP contribution in [0.1, 0.15) is 31.2 Å². The van der Waals surface area contributed by atoms with Crippen LogP contribution in [0, 0.1) is 12.8 Å². The van der Waals surface area contributed by atoms with Crippen molar-refractivity contribution >= 4 is 32.6 Å². The van der Waals surface area contributed by atoms with Crippen LogP contribution >= 0.6 is 11.3 Å². The zero-order valence-corrected chi connectivity index (χ0v) is 12.5. The molecule has 20 heavy (non-hydrogen) atoms. The molecule has 1 aliphatic rings. The Hall–Kier alpha value is -1.62. The number of nitrogens with one attached hydrogen (secondary N) is 1. The molecule has 2 aromatic rings. The number of methoxy groups -OCH3 is 1. The van der Waals surface area contributed by atoms with E-state index in [2.05, 4.69) is 10.3 Å². The number of rotatable bonds is 3. The molecule has 0 spiro atoms. The van der Waals surface area contributed by atoms with Gasteiger partial charge in [-0.15, -0.1) is 0 Å². The topological polar surface area (TPSA) is 51.2 Å². The molecule has 1 aliphatic carbocycles. The number of carbonyl (C=O) groups is 1. The molecule has 1 fully saturated rings. The highest BCUT2D eigenvalue weighted by Gasteiger charge is 2.23. The minimum Gasteiger partial charge on any atom is -0.494 e. The van der Waals surface area contributed by atoms with Gasteiger partial charge in [-0.05, 0) is 31.4 Å². The van der Waals surface area contributed by atoms with Crippen LogP contribution in [0.4, 0.5) is 5.13 Å². The number of thiazole rings is 1.